The summed E-state index contributed by atoms with van der Waals surface area (Å²) in [5, 5.41) is 12.4. The van der Waals surface area contributed by atoms with Gasteiger partial charge in [0, 0.05) is 17.1 Å². The van der Waals surface area contributed by atoms with Crippen LogP contribution in [0.2, 0.25) is 0 Å². The summed E-state index contributed by atoms with van der Waals surface area (Å²) in [6.07, 6.45) is 0.0640. The number of rotatable bonds is 6. The molecule has 0 bridgehead atoms. The lowest BCUT2D eigenvalue weighted by molar-refractivity contribution is -0.137. The van der Waals surface area contributed by atoms with Gasteiger partial charge < -0.3 is 10.4 Å². The summed E-state index contributed by atoms with van der Waals surface area (Å²) in [4.78, 5) is 11.0. The minimum atomic E-state index is -0.807. The third kappa shape index (κ3) is 4.47. The summed E-state index contributed by atoms with van der Waals surface area (Å²) >= 11 is 3.38. The number of carboxylic acid groups (broad SMARTS) is 1. The molecule has 3 nitrogen and oxygen atoms in total. The molecular formula is C16H16BrNO2. The van der Waals surface area contributed by atoms with Crippen LogP contribution in [0.15, 0.2) is 59.1 Å². The van der Waals surface area contributed by atoms with Gasteiger partial charge in [0.2, 0.25) is 0 Å². The predicted molar refractivity (Wildman–Crippen MR) is 82.4 cm³/mol. The van der Waals surface area contributed by atoms with Crippen LogP contribution in [0.25, 0.3) is 0 Å². The van der Waals surface area contributed by atoms with Gasteiger partial charge in [-0.3, -0.25) is 4.79 Å². The first kappa shape index (κ1) is 14.8. The minimum absolute atomic E-state index is 0.0640. The van der Waals surface area contributed by atoms with Gasteiger partial charge in [0.15, 0.2) is 0 Å². The molecule has 4 heteroatoms. The molecule has 0 radical (unpaired) electrons. The predicted octanol–water partition coefficient (Wildman–Crippen LogP) is 3.75. The second-order valence-electron chi connectivity index (χ2n) is 4.57. The second kappa shape index (κ2) is 7.22. The van der Waals surface area contributed by atoms with Gasteiger partial charge in [-0.05, 0) is 23.3 Å². The van der Waals surface area contributed by atoms with Crippen molar-refractivity contribution in [2.24, 2.45) is 0 Å². The molecule has 2 aromatic carbocycles. The normalized spacial score (nSPS) is 12.1. The topological polar surface area (TPSA) is 49.3 Å². The quantitative estimate of drug-likeness (QED) is 0.846. The van der Waals surface area contributed by atoms with Crippen molar-refractivity contribution in [1.82, 2.24) is 5.32 Å². The minimum Gasteiger partial charge on any atom is -0.481 e. The average molecular weight is 334 g/mol. The van der Waals surface area contributed by atoms with E-state index in [9.17, 15) is 4.79 Å². The Morgan fingerprint density at radius 2 is 1.75 bits per heavy atom. The highest BCUT2D eigenvalue weighted by atomic mass is 79.9. The Hall–Kier alpha value is -1.65. The number of nitrogens with one attached hydrogen (secondary N) is 1. The molecule has 0 saturated heterocycles. The summed E-state index contributed by atoms with van der Waals surface area (Å²) in [6, 6.07) is 17.5. The third-order valence-corrected chi connectivity index (χ3v) is 3.58. The zero-order valence-electron chi connectivity index (χ0n) is 10.9. The van der Waals surface area contributed by atoms with E-state index in [0.29, 0.717) is 6.54 Å². The fourth-order valence-corrected chi connectivity index (χ4v) is 2.28. The number of carboxylic acids is 1. The van der Waals surface area contributed by atoms with Gasteiger partial charge in [0.1, 0.15) is 0 Å². The summed E-state index contributed by atoms with van der Waals surface area (Å²) < 4.78 is 0.985. The smallest absolute Gasteiger partial charge is 0.305 e. The molecular weight excluding hydrogens is 318 g/mol. The van der Waals surface area contributed by atoms with Gasteiger partial charge in [0.25, 0.3) is 0 Å². The zero-order valence-corrected chi connectivity index (χ0v) is 12.5. The molecule has 0 saturated carbocycles. The van der Waals surface area contributed by atoms with Crippen LogP contribution in [0.3, 0.4) is 0 Å². The first-order valence-corrected chi connectivity index (χ1v) is 7.19. The molecule has 2 rings (SSSR count). The SMILES string of the molecule is O=C(O)CC(NCc1ccccc1)c1ccc(Br)cc1. The van der Waals surface area contributed by atoms with Crippen LogP contribution in [-0.4, -0.2) is 11.1 Å². The van der Waals surface area contributed by atoms with E-state index in [1.807, 2.05) is 54.6 Å². The summed E-state index contributed by atoms with van der Waals surface area (Å²) in [7, 11) is 0. The summed E-state index contributed by atoms with van der Waals surface area (Å²) in [5.74, 6) is -0.807. The first-order valence-electron chi connectivity index (χ1n) is 6.40. The number of carbonyl (C=O) groups is 1. The molecule has 0 aliphatic heterocycles. The van der Waals surface area contributed by atoms with Gasteiger partial charge in [-0.1, -0.05) is 58.4 Å². The second-order valence-corrected chi connectivity index (χ2v) is 5.48. The van der Waals surface area contributed by atoms with Crippen LogP contribution in [-0.2, 0) is 11.3 Å². The van der Waals surface area contributed by atoms with E-state index in [4.69, 9.17) is 5.11 Å². The van der Waals surface area contributed by atoms with Gasteiger partial charge >= 0.3 is 5.97 Å². The number of hydrogen-bond donors (Lipinski definition) is 2. The van der Waals surface area contributed by atoms with Crippen molar-refractivity contribution in [3.05, 3.63) is 70.2 Å². The highest BCUT2D eigenvalue weighted by molar-refractivity contribution is 9.10. The highest BCUT2D eigenvalue weighted by Gasteiger charge is 2.14. The highest BCUT2D eigenvalue weighted by Crippen LogP contribution is 2.20. The van der Waals surface area contributed by atoms with E-state index in [2.05, 4.69) is 21.2 Å². The Labute approximate surface area is 126 Å². The lowest BCUT2D eigenvalue weighted by atomic mass is 10.0. The fraction of sp³-hybridized carbons (Fsp3) is 0.188. The maximum Gasteiger partial charge on any atom is 0.305 e. The molecule has 0 aliphatic rings. The van der Waals surface area contributed by atoms with Gasteiger partial charge in [-0.15, -0.1) is 0 Å². The first-order chi connectivity index (χ1) is 9.65. The van der Waals surface area contributed by atoms with Crippen LogP contribution in [0.4, 0.5) is 0 Å². The Kier molecular flexibility index (Phi) is 5.32. The number of halogens is 1. The van der Waals surface area contributed by atoms with E-state index in [-0.39, 0.29) is 12.5 Å². The number of benzene rings is 2. The van der Waals surface area contributed by atoms with Gasteiger partial charge in [-0.2, -0.15) is 0 Å². The average Bonchev–Trinajstić information content (AvgIpc) is 2.45. The molecule has 1 atom stereocenters. The molecule has 0 aromatic heterocycles. The van der Waals surface area contributed by atoms with Crippen LogP contribution < -0.4 is 5.32 Å². The third-order valence-electron chi connectivity index (χ3n) is 3.05. The Bertz CT molecular complexity index is 554. The zero-order chi connectivity index (χ0) is 14.4. The van der Waals surface area contributed by atoms with Gasteiger partial charge in [-0.25, -0.2) is 0 Å². The van der Waals surface area contributed by atoms with Crippen LogP contribution >= 0.6 is 15.9 Å². The van der Waals surface area contributed by atoms with E-state index in [0.717, 1.165) is 15.6 Å². The molecule has 0 fully saturated rings. The van der Waals surface area contributed by atoms with Gasteiger partial charge in [0.05, 0.1) is 6.42 Å². The Morgan fingerprint density at radius 3 is 2.35 bits per heavy atom. The van der Waals surface area contributed by atoms with Crippen molar-refractivity contribution in [2.45, 2.75) is 19.0 Å². The van der Waals surface area contributed by atoms with Crippen molar-refractivity contribution in [1.29, 1.82) is 0 Å². The van der Waals surface area contributed by atoms with Crippen molar-refractivity contribution in [3.63, 3.8) is 0 Å². The Morgan fingerprint density at radius 1 is 1.10 bits per heavy atom. The van der Waals surface area contributed by atoms with Crippen LogP contribution in [0.1, 0.15) is 23.6 Å². The van der Waals surface area contributed by atoms with E-state index < -0.39 is 5.97 Å². The monoisotopic (exact) mass is 333 g/mol. The molecule has 104 valence electrons. The van der Waals surface area contributed by atoms with Crippen LogP contribution in [0.5, 0.6) is 0 Å². The van der Waals surface area contributed by atoms with Crippen molar-refractivity contribution < 1.29 is 9.90 Å². The standard InChI is InChI=1S/C16H16BrNO2/c17-14-8-6-13(7-9-14)15(10-16(19)20)18-11-12-4-2-1-3-5-12/h1-9,15,18H,10-11H2,(H,19,20). The Balaban J connectivity index is 2.07. The lowest BCUT2D eigenvalue weighted by Crippen LogP contribution is -2.23. The molecule has 20 heavy (non-hydrogen) atoms. The van der Waals surface area contributed by atoms with Crippen molar-refractivity contribution in [3.8, 4) is 0 Å². The summed E-state index contributed by atoms with van der Waals surface area (Å²) in [5.41, 5.74) is 2.12. The van der Waals surface area contributed by atoms with E-state index in [1.165, 1.54) is 0 Å². The molecule has 0 amide bonds. The van der Waals surface area contributed by atoms with Crippen LogP contribution in [0, 0.1) is 0 Å². The largest absolute Gasteiger partial charge is 0.481 e. The number of hydrogen-bond acceptors (Lipinski definition) is 2. The molecule has 0 heterocycles. The lowest BCUT2D eigenvalue weighted by Gasteiger charge is -2.17. The summed E-state index contributed by atoms with van der Waals surface area (Å²) in [6.45, 7) is 0.648. The van der Waals surface area contributed by atoms with Crippen molar-refractivity contribution >= 4 is 21.9 Å². The maximum absolute atomic E-state index is 11.0. The molecule has 0 aliphatic carbocycles. The molecule has 2 N–H and O–H groups in total. The molecule has 0 spiro atoms. The molecule has 2 aromatic rings. The number of aliphatic carboxylic acids is 1. The van der Waals surface area contributed by atoms with E-state index >= 15 is 0 Å². The van der Waals surface area contributed by atoms with E-state index in [1.54, 1.807) is 0 Å². The molecule has 1 unspecified atom stereocenters. The maximum atomic E-state index is 11.0. The fourth-order valence-electron chi connectivity index (χ4n) is 2.01. The van der Waals surface area contributed by atoms with Crippen molar-refractivity contribution in [2.75, 3.05) is 0 Å².